The van der Waals surface area contributed by atoms with Crippen molar-refractivity contribution in [2.45, 2.75) is 25.9 Å². The van der Waals surface area contributed by atoms with Crippen LogP contribution >= 0.6 is 0 Å². The van der Waals surface area contributed by atoms with E-state index in [2.05, 4.69) is 15.6 Å². The highest BCUT2D eigenvalue weighted by molar-refractivity contribution is 5.79. The molecule has 2 rings (SSSR count). The third-order valence-electron chi connectivity index (χ3n) is 3.87. The molecule has 1 fully saturated rings. The SMILES string of the molecule is CCNC(=NCC1CCN(CC(F)(F)F)C1)NCCc1ccco1. The molecule has 0 radical (unpaired) electrons. The molecule has 1 aromatic rings. The van der Waals surface area contributed by atoms with Crippen LogP contribution in [-0.2, 0) is 6.42 Å². The van der Waals surface area contributed by atoms with Crippen molar-refractivity contribution < 1.29 is 17.6 Å². The van der Waals surface area contributed by atoms with Gasteiger partial charge < -0.3 is 15.1 Å². The number of rotatable bonds is 7. The van der Waals surface area contributed by atoms with Gasteiger partial charge in [0.15, 0.2) is 5.96 Å². The molecule has 2 heterocycles. The van der Waals surface area contributed by atoms with Crippen LogP contribution in [0.4, 0.5) is 13.2 Å². The fourth-order valence-electron chi connectivity index (χ4n) is 2.78. The van der Waals surface area contributed by atoms with Gasteiger partial charge in [0, 0.05) is 32.6 Å². The van der Waals surface area contributed by atoms with Crippen LogP contribution in [0.15, 0.2) is 27.8 Å². The minimum atomic E-state index is -4.12. The van der Waals surface area contributed by atoms with E-state index in [1.807, 2.05) is 19.1 Å². The molecular weight excluding hydrogens is 321 g/mol. The van der Waals surface area contributed by atoms with Gasteiger partial charge in [-0.1, -0.05) is 0 Å². The van der Waals surface area contributed by atoms with Crippen LogP contribution in [0.5, 0.6) is 0 Å². The summed E-state index contributed by atoms with van der Waals surface area (Å²) in [5.41, 5.74) is 0. The average molecular weight is 346 g/mol. The number of aliphatic imine (C=N–C) groups is 1. The van der Waals surface area contributed by atoms with Crippen LogP contribution in [0.2, 0.25) is 0 Å². The molecule has 136 valence electrons. The highest BCUT2D eigenvalue weighted by atomic mass is 19.4. The molecule has 5 nitrogen and oxygen atoms in total. The summed E-state index contributed by atoms with van der Waals surface area (Å²) >= 11 is 0. The minimum Gasteiger partial charge on any atom is -0.469 e. The average Bonchev–Trinajstić information content (AvgIpc) is 3.15. The van der Waals surface area contributed by atoms with Crippen LogP contribution in [0.25, 0.3) is 0 Å². The van der Waals surface area contributed by atoms with Gasteiger partial charge in [-0.15, -0.1) is 0 Å². The fourth-order valence-corrected chi connectivity index (χ4v) is 2.78. The molecule has 0 saturated carbocycles. The first-order valence-corrected chi connectivity index (χ1v) is 8.30. The Morgan fingerprint density at radius 2 is 2.25 bits per heavy atom. The second-order valence-electron chi connectivity index (χ2n) is 5.98. The molecule has 8 heteroatoms. The number of alkyl halides is 3. The van der Waals surface area contributed by atoms with Gasteiger partial charge in [0.2, 0.25) is 0 Å². The van der Waals surface area contributed by atoms with Gasteiger partial charge in [-0.25, -0.2) is 0 Å². The summed E-state index contributed by atoms with van der Waals surface area (Å²) in [6.07, 6.45) is -0.979. The van der Waals surface area contributed by atoms with Gasteiger partial charge in [-0.05, 0) is 37.9 Å². The zero-order valence-electron chi connectivity index (χ0n) is 13.9. The van der Waals surface area contributed by atoms with E-state index in [4.69, 9.17) is 4.42 Å². The zero-order chi connectivity index (χ0) is 17.4. The Bertz CT molecular complexity index is 502. The summed E-state index contributed by atoms with van der Waals surface area (Å²) in [4.78, 5) is 5.96. The molecule has 1 aliphatic heterocycles. The van der Waals surface area contributed by atoms with E-state index in [-0.39, 0.29) is 5.92 Å². The van der Waals surface area contributed by atoms with Gasteiger partial charge in [-0.2, -0.15) is 13.2 Å². The molecule has 2 N–H and O–H groups in total. The number of furan rings is 1. The van der Waals surface area contributed by atoms with Gasteiger partial charge in [-0.3, -0.25) is 9.89 Å². The monoisotopic (exact) mass is 346 g/mol. The molecule has 1 unspecified atom stereocenters. The van der Waals surface area contributed by atoms with E-state index in [1.54, 1.807) is 6.26 Å². The summed E-state index contributed by atoms with van der Waals surface area (Å²) in [6, 6.07) is 3.76. The predicted octanol–water partition coefficient (Wildman–Crippen LogP) is 2.26. The zero-order valence-corrected chi connectivity index (χ0v) is 13.9. The first-order valence-electron chi connectivity index (χ1n) is 8.30. The lowest BCUT2D eigenvalue weighted by Crippen LogP contribution is -2.38. The highest BCUT2D eigenvalue weighted by Gasteiger charge is 2.34. The van der Waals surface area contributed by atoms with E-state index < -0.39 is 12.7 Å². The maximum atomic E-state index is 12.4. The minimum absolute atomic E-state index is 0.174. The number of nitrogens with one attached hydrogen (secondary N) is 2. The second-order valence-corrected chi connectivity index (χ2v) is 5.98. The number of halogens is 3. The Morgan fingerprint density at radius 1 is 1.42 bits per heavy atom. The van der Waals surface area contributed by atoms with Crippen LogP contribution in [0, 0.1) is 5.92 Å². The lowest BCUT2D eigenvalue weighted by molar-refractivity contribution is -0.143. The van der Waals surface area contributed by atoms with E-state index in [9.17, 15) is 13.2 Å². The number of nitrogens with zero attached hydrogens (tertiary/aromatic N) is 2. The maximum Gasteiger partial charge on any atom is 0.401 e. The van der Waals surface area contributed by atoms with Crippen molar-refractivity contribution in [3.63, 3.8) is 0 Å². The standard InChI is InChI=1S/C16H25F3N4O/c1-2-20-15(21-7-5-14-4-3-9-24-14)22-10-13-6-8-23(11-13)12-16(17,18)19/h3-4,9,13H,2,5-8,10-12H2,1H3,(H2,20,21,22). The Kier molecular flexibility index (Phi) is 6.96. The van der Waals surface area contributed by atoms with E-state index in [0.29, 0.717) is 32.1 Å². The van der Waals surface area contributed by atoms with Crippen molar-refractivity contribution in [2.75, 3.05) is 39.3 Å². The number of likely N-dealkylation sites (tertiary alicyclic amines) is 1. The largest absolute Gasteiger partial charge is 0.469 e. The Morgan fingerprint density at radius 3 is 2.92 bits per heavy atom. The number of guanidine groups is 1. The first kappa shape index (κ1) is 18.6. The number of hydrogen-bond donors (Lipinski definition) is 2. The molecule has 1 saturated heterocycles. The molecule has 1 aromatic heterocycles. The van der Waals surface area contributed by atoms with Crippen molar-refractivity contribution in [1.29, 1.82) is 0 Å². The lowest BCUT2D eigenvalue weighted by Gasteiger charge is -2.17. The van der Waals surface area contributed by atoms with Crippen molar-refractivity contribution in [1.82, 2.24) is 15.5 Å². The topological polar surface area (TPSA) is 52.8 Å². The summed E-state index contributed by atoms with van der Waals surface area (Å²) in [6.45, 7) is 4.04. The third kappa shape index (κ3) is 6.82. The normalized spacial score (nSPS) is 19.7. The molecular formula is C16H25F3N4O. The van der Waals surface area contributed by atoms with Gasteiger partial charge in [0.1, 0.15) is 5.76 Å². The maximum absolute atomic E-state index is 12.4. The summed E-state index contributed by atoms with van der Waals surface area (Å²) < 4.78 is 42.5. The summed E-state index contributed by atoms with van der Waals surface area (Å²) in [7, 11) is 0. The molecule has 0 aliphatic carbocycles. The fraction of sp³-hybridized carbons (Fsp3) is 0.688. The third-order valence-corrected chi connectivity index (χ3v) is 3.87. The summed E-state index contributed by atoms with van der Waals surface area (Å²) in [5, 5.41) is 6.37. The van der Waals surface area contributed by atoms with Gasteiger partial charge in [0.05, 0.1) is 12.8 Å². The van der Waals surface area contributed by atoms with Gasteiger partial charge in [0.25, 0.3) is 0 Å². The molecule has 1 aliphatic rings. The predicted molar refractivity (Wildman–Crippen MR) is 87.0 cm³/mol. The second kappa shape index (κ2) is 8.96. The van der Waals surface area contributed by atoms with Gasteiger partial charge >= 0.3 is 6.18 Å². The molecule has 24 heavy (non-hydrogen) atoms. The van der Waals surface area contributed by atoms with Crippen molar-refractivity contribution in [3.05, 3.63) is 24.2 Å². The van der Waals surface area contributed by atoms with Crippen LogP contribution in [0.1, 0.15) is 19.1 Å². The molecule has 0 bridgehead atoms. The summed E-state index contributed by atoms with van der Waals surface area (Å²) in [5.74, 6) is 1.77. The smallest absolute Gasteiger partial charge is 0.401 e. The quantitative estimate of drug-likeness (QED) is 0.587. The molecule has 0 spiro atoms. The van der Waals surface area contributed by atoms with Crippen molar-refractivity contribution >= 4 is 5.96 Å². The highest BCUT2D eigenvalue weighted by Crippen LogP contribution is 2.22. The number of hydrogen-bond acceptors (Lipinski definition) is 3. The first-order chi connectivity index (χ1) is 11.5. The Labute approximate surface area is 140 Å². The van der Waals surface area contributed by atoms with E-state index in [1.165, 1.54) is 4.90 Å². The van der Waals surface area contributed by atoms with Crippen LogP contribution in [-0.4, -0.2) is 56.3 Å². The Balaban J connectivity index is 1.74. The van der Waals surface area contributed by atoms with Crippen molar-refractivity contribution in [3.8, 4) is 0 Å². The van der Waals surface area contributed by atoms with E-state index >= 15 is 0 Å². The van der Waals surface area contributed by atoms with Crippen molar-refractivity contribution in [2.24, 2.45) is 10.9 Å². The molecule has 0 amide bonds. The Hall–Kier alpha value is -1.70. The van der Waals surface area contributed by atoms with Crippen LogP contribution < -0.4 is 10.6 Å². The van der Waals surface area contributed by atoms with E-state index in [0.717, 1.165) is 25.1 Å². The molecule has 1 atom stereocenters. The molecule has 0 aromatic carbocycles. The lowest BCUT2D eigenvalue weighted by atomic mass is 10.1. The van der Waals surface area contributed by atoms with Crippen LogP contribution in [0.3, 0.4) is 0 Å².